The summed E-state index contributed by atoms with van der Waals surface area (Å²) < 4.78 is 0. The van der Waals surface area contributed by atoms with E-state index in [1.54, 1.807) is 0 Å². The van der Waals surface area contributed by atoms with Crippen molar-refractivity contribution in [1.82, 2.24) is 4.90 Å². The topological polar surface area (TPSA) is 37.4 Å². The van der Waals surface area contributed by atoms with Gasteiger partial charge in [-0.1, -0.05) is 68.4 Å². The molecule has 1 unspecified atom stereocenters. The molecule has 0 spiro atoms. The summed E-state index contributed by atoms with van der Waals surface area (Å²) in [7, 11) is 0. The van der Waals surface area contributed by atoms with E-state index in [1.807, 2.05) is 42.2 Å². The van der Waals surface area contributed by atoms with Gasteiger partial charge in [-0.3, -0.25) is 9.59 Å². The molecule has 1 amide bonds. The second kappa shape index (κ2) is 9.18. The van der Waals surface area contributed by atoms with Gasteiger partial charge in [-0.15, -0.1) is 0 Å². The van der Waals surface area contributed by atoms with Crippen LogP contribution in [-0.2, 0) is 11.2 Å². The highest BCUT2D eigenvalue weighted by atomic mass is 16.2. The predicted molar refractivity (Wildman–Crippen MR) is 113 cm³/mol. The van der Waals surface area contributed by atoms with Crippen LogP contribution >= 0.6 is 0 Å². The van der Waals surface area contributed by atoms with E-state index in [9.17, 15) is 9.59 Å². The number of amides is 1. The average molecular weight is 378 g/mol. The van der Waals surface area contributed by atoms with E-state index >= 15 is 0 Å². The molecule has 0 radical (unpaired) electrons. The summed E-state index contributed by atoms with van der Waals surface area (Å²) in [5.74, 6) is 0.889. The minimum absolute atomic E-state index is 0.0251. The number of hydrogen-bond acceptors (Lipinski definition) is 2. The number of ketones is 1. The molecule has 0 saturated carbocycles. The Balaban J connectivity index is 1.56. The van der Waals surface area contributed by atoms with Crippen LogP contribution in [0.1, 0.15) is 61.0 Å². The fourth-order valence-corrected chi connectivity index (χ4v) is 4.03. The summed E-state index contributed by atoms with van der Waals surface area (Å²) in [4.78, 5) is 27.5. The Kier molecular flexibility index (Phi) is 6.66. The largest absolute Gasteiger partial charge is 0.342 e. The Morgan fingerprint density at radius 3 is 2.11 bits per heavy atom. The zero-order chi connectivity index (χ0) is 20.1. The minimum Gasteiger partial charge on any atom is -0.342 e. The average Bonchev–Trinajstić information content (AvgIpc) is 2.73. The van der Waals surface area contributed by atoms with E-state index in [4.69, 9.17) is 0 Å². The summed E-state index contributed by atoms with van der Waals surface area (Å²) in [6.07, 6.45) is 2.56. The van der Waals surface area contributed by atoms with Crippen molar-refractivity contribution < 1.29 is 9.59 Å². The molecular formula is C25H31NO2. The highest BCUT2D eigenvalue weighted by molar-refractivity contribution is 5.98. The van der Waals surface area contributed by atoms with E-state index in [-0.39, 0.29) is 23.5 Å². The lowest BCUT2D eigenvalue weighted by molar-refractivity contribution is -0.133. The molecule has 1 aliphatic heterocycles. The van der Waals surface area contributed by atoms with Gasteiger partial charge in [-0.05, 0) is 43.2 Å². The molecule has 1 saturated heterocycles. The molecule has 0 bridgehead atoms. The molecule has 0 aromatic heterocycles. The summed E-state index contributed by atoms with van der Waals surface area (Å²) in [5, 5.41) is 0. The Hall–Kier alpha value is -2.42. The highest BCUT2D eigenvalue weighted by Gasteiger charge is 2.30. The molecule has 0 aliphatic carbocycles. The normalized spacial score (nSPS) is 16.2. The van der Waals surface area contributed by atoms with Crippen LogP contribution in [0.3, 0.4) is 0 Å². The van der Waals surface area contributed by atoms with Crippen LogP contribution in [0.2, 0.25) is 0 Å². The first kappa shape index (κ1) is 20.3. The first-order valence-electron chi connectivity index (χ1n) is 10.4. The van der Waals surface area contributed by atoms with Crippen molar-refractivity contribution in [2.75, 3.05) is 13.1 Å². The van der Waals surface area contributed by atoms with Gasteiger partial charge in [0.2, 0.25) is 5.91 Å². The molecule has 1 atom stereocenters. The van der Waals surface area contributed by atoms with E-state index in [1.165, 1.54) is 5.56 Å². The first-order valence-corrected chi connectivity index (χ1v) is 10.4. The van der Waals surface area contributed by atoms with Crippen molar-refractivity contribution in [2.45, 2.75) is 46.0 Å². The van der Waals surface area contributed by atoms with Crippen LogP contribution in [0.4, 0.5) is 0 Å². The van der Waals surface area contributed by atoms with Crippen LogP contribution in [0.15, 0.2) is 54.6 Å². The lowest BCUT2D eigenvalue weighted by Crippen LogP contribution is -2.42. The number of Topliss-reactive ketones (excluding diaryl/α,β-unsaturated/α-hetero) is 1. The van der Waals surface area contributed by atoms with Crippen LogP contribution in [0.25, 0.3) is 0 Å². The maximum Gasteiger partial charge on any atom is 0.229 e. The van der Waals surface area contributed by atoms with Gasteiger partial charge in [0, 0.05) is 24.6 Å². The van der Waals surface area contributed by atoms with Crippen LogP contribution in [0.5, 0.6) is 0 Å². The van der Waals surface area contributed by atoms with Gasteiger partial charge in [0.05, 0.1) is 5.92 Å². The minimum atomic E-state index is -0.144. The smallest absolute Gasteiger partial charge is 0.229 e. The third kappa shape index (κ3) is 4.89. The molecule has 28 heavy (non-hydrogen) atoms. The maximum atomic E-state index is 12.9. The van der Waals surface area contributed by atoms with Crippen molar-refractivity contribution in [2.24, 2.45) is 11.8 Å². The molecule has 0 N–H and O–H groups in total. The number of carbonyl (C=O) groups excluding carboxylic acids is 2. The summed E-state index contributed by atoms with van der Waals surface area (Å²) in [6, 6.07) is 18.0. The number of carbonyl (C=O) groups is 2. The molecular weight excluding hydrogens is 346 g/mol. The number of piperidine rings is 1. The van der Waals surface area contributed by atoms with Crippen molar-refractivity contribution in [1.29, 1.82) is 0 Å². The lowest BCUT2D eigenvalue weighted by atomic mass is 9.88. The zero-order valence-corrected chi connectivity index (χ0v) is 17.2. The van der Waals surface area contributed by atoms with Gasteiger partial charge in [-0.25, -0.2) is 0 Å². The van der Waals surface area contributed by atoms with Gasteiger partial charge in [0.15, 0.2) is 5.78 Å². The molecule has 148 valence electrons. The third-order valence-corrected chi connectivity index (χ3v) is 5.73. The third-order valence-electron chi connectivity index (χ3n) is 5.73. The Labute approximate surface area is 168 Å². The van der Waals surface area contributed by atoms with Crippen LogP contribution < -0.4 is 0 Å². The monoisotopic (exact) mass is 377 g/mol. The molecule has 3 heteroatoms. The molecule has 2 aromatic carbocycles. The number of rotatable bonds is 6. The summed E-state index contributed by atoms with van der Waals surface area (Å²) >= 11 is 0. The predicted octanol–water partition coefficient (Wildman–Crippen LogP) is 5.11. The van der Waals surface area contributed by atoms with Crippen LogP contribution in [-0.4, -0.2) is 29.7 Å². The maximum absolute atomic E-state index is 12.9. The number of hydrogen-bond donors (Lipinski definition) is 0. The molecule has 1 heterocycles. The van der Waals surface area contributed by atoms with E-state index < -0.39 is 0 Å². The van der Waals surface area contributed by atoms with Gasteiger partial charge in [0.25, 0.3) is 0 Å². The van der Waals surface area contributed by atoms with E-state index in [2.05, 4.69) is 38.1 Å². The van der Waals surface area contributed by atoms with Crippen molar-refractivity contribution in [3.05, 3.63) is 71.3 Å². The van der Waals surface area contributed by atoms with Gasteiger partial charge in [0.1, 0.15) is 0 Å². The number of nitrogens with zero attached hydrogens (tertiary/aromatic N) is 1. The summed E-state index contributed by atoms with van der Waals surface area (Å²) in [5.41, 5.74) is 3.17. The highest BCUT2D eigenvalue weighted by Crippen LogP contribution is 2.26. The second-order valence-electron chi connectivity index (χ2n) is 8.39. The molecule has 3 rings (SSSR count). The molecule has 1 fully saturated rings. The van der Waals surface area contributed by atoms with Crippen LogP contribution in [0, 0.1) is 11.8 Å². The Morgan fingerprint density at radius 1 is 0.929 bits per heavy atom. The molecule has 1 aliphatic rings. The van der Waals surface area contributed by atoms with Crippen molar-refractivity contribution >= 4 is 11.7 Å². The quantitative estimate of drug-likeness (QED) is 0.656. The Morgan fingerprint density at radius 2 is 1.54 bits per heavy atom. The first-order chi connectivity index (χ1) is 13.5. The standard InChI is InChI=1S/C25H31NO2/c1-18(2)17-20-9-11-21(12-10-20)19(3)25(28)26-15-13-23(14-16-26)24(27)22-7-5-4-6-8-22/h4-12,18-19,23H,13-17H2,1-3H3. The second-order valence-corrected chi connectivity index (χ2v) is 8.39. The summed E-state index contributed by atoms with van der Waals surface area (Å²) in [6.45, 7) is 7.75. The number of likely N-dealkylation sites (tertiary alicyclic amines) is 1. The van der Waals surface area contributed by atoms with Gasteiger partial charge < -0.3 is 4.90 Å². The fourth-order valence-electron chi connectivity index (χ4n) is 4.03. The SMILES string of the molecule is CC(C)Cc1ccc(C(C)C(=O)N2CCC(C(=O)c3ccccc3)CC2)cc1. The molecule has 3 nitrogen and oxygen atoms in total. The molecule has 2 aromatic rings. The Bertz CT molecular complexity index is 787. The van der Waals surface area contributed by atoms with E-state index in [0.717, 1.165) is 30.4 Å². The van der Waals surface area contributed by atoms with E-state index in [0.29, 0.717) is 19.0 Å². The zero-order valence-electron chi connectivity index (χ0n) is 17.2. The van der Waals surface area contributed by atoms with Crippen molar-refractivity contribution in [3.8, 4) is 0 Å². The fraction of sp³-hybridized carbons (Fsp3) is 0.440. The lowest BCUT2D eigenvalue weighted by Gasteiger charge is -2.33. The van der Waals surface area contributed by atoms with Gasteiger partial charge in [-0.2, -0.15) is 0 Å². The van der Waals surface area contributed by atoms with Crippen molar-refractivity contribution in [3.63, 3.8) is 0 Å². The van der Waals surface area contributed by atoms with Gasteiger partial charge >= 0.3 is 0 Å². The number of benzene rings is 2.